The van der Waals surface area contributed by atoms with Gasteiger partial charge in [-0.05, 0) is 36.4 Å². The first kappa shape index (κ1) is 21.8. The number of rotatable bonds is 6. The van der Waals surface area contributed by atoms with E-state index in [1.54, 1.807) is 12.3 Å². The largest absolute Gasteiger partial charge is 0.372 e. The Labute approximate surface area is 196 Å². The molecule has 0 unspecified atom stereocenters. The number of benzene rings is 1. The molecule has 0 spiro atoms. The Bertz CT molecular complexity index is 1270. The summed E-state index contributed by atoms with van der Waals surface area (Å²) in [6, 6.07) is 10.3. The molecule has 1 aliphatic rings. The van der Waals surface area contributed by atoms with Crippen LogP contribution in [0.4, 0.5) is 10.1 Å². The maximum atomic E-state index is 14.5. The number of H-pyrrole nitrogens is 1. The van der Waals surface area contributed by atoms with Crippen LogP contribution in [0.15, 0.2) is 48.8 Å². The second-order valence-corrected chi connectivity index (χ2v) is 8.65. The molecule has 170 valence electrons. The number of nitrogens with zero attached hydrogens (tertiary/aromatic N) is 5. The zero-order valence-corrected chi connectivity index (χ0v) is 19.1. The summed E-state index contributed by atoms with van der Waals surface area (Å²) in [6.45, 7) is 6.16. The highest BCUT2D eigenvalue weighted by Crippen LogP contribution is 2.33. The molecule has 0 atom stereocenters. The number of nitrogens with one attached hydrogen (secondary N) is 2. The summed E-state index contributed by atoms with van der Waals surface area (Å²) >= 11 is 6.09. The predicted octanol–water partition coefficient (Wildman–Crippen LogP) is 3.82. The van der Waals surface area contributed by atoms with Gasteiger partial charge in [0, 0.05) is 68.7 Å². The van der Waals surface area contributed by atoms with Crippen LogP contribution in [0, 0.1) is 5.82 Å². The second-order valence-electron chi connectivity index (χ2n) is 8.21. The van der Waals surface area contributed by atoms with Crippen LogP contribution in [0.1, 0.15) is 0 Å². The lowest BCUT2D eigenvalue weighted by atomic mass is 10.0. The minimum absolute atomic E-state index is 0.333. The Kier molecular flexibility index (Phi) is 6.22. The standard InChI is InChI=1S/C24H25ClFN7/c1-32(10-11-33-8-6-27-7-9-33)17-13-23-22(28-14-17)5-4-21(30-23)19-15-29-31-24(19)18-12-16(25)2-3-20(18)26/h2-5,12-15,27H,6-11H2,1H3,(H,29,31). The number of hydrogen-bond donors (Lipinski definition) is 2. The van der Waals surface area contributed by atoms with E-state index < -0.39 is 0 Å². The highest BCUT2D eigenvalue weighted by atomic mass is 35.5. The zero-order chi connectivity index (χ0) is 22.8. The molecule has 4 aromatic rings. The number of piperazine rings is 1. The topological polar surface area (TPSA) is 73.0 Å². The summed E-state index contributed by atoms with van der Waals surface area (Å²) in [5, 5.41) is 10.9. The fraction of sp³-hybridized carbons (Fsp3) is 0.292. The van der Waals surface area contributed by atoms with Gasteiger partial charge in [-0.25, -0.2) is 9.37 Å². The van der Waals surface area contributed by atoms with Crippen LogP contribution in [-0.4, -0.2) is 71.4 Å². The minimum atomic E-state index is -0.386. The van der Waals surface area contributed by atoms with Crippen molar-refractivity contribution in [2.75, 3.05) is 51.2 Å². The number of fused-ring (bicyclic) bond motifs is 1. The first-order valence-corrected chi connectivity index (χ1v) is 11.4. The van der Waals surface area contributed by atoms with Crippen LogP contribution in [-0.2, 0) is 0 Å². The van der Waals surface area contributed by atoms with E-state index in [4.69, 9.17) is 16.6 Å². The Morgan fingerprint density at radius 1 is 1.09 bits per heavy atom. The Hall–Kier alpha value is -3.07. The van der Waals surface area contributed by atoms with Crippen molar-refractivity contribution in [2.45, 2.75) is 0 Å². The van der Waals surface area contributed by atoms with Gasteiger partial charge in [-0.1, -0.05) is 11.6 Å². The zero-order valence-electron chi connectivity index (χ0n) is 18.4. The SMILES string of the molecule is CN(CCN1CCNCC1)c1cnc2ccc(-c3c[nH]nc3-c3cc(Cl)ccc3F)nc2c1. The average molecular weight is 466 g/mol. The van der Waals surface area contributed by atoms with Crippen LogP contribution in [0.2, 0.25) is 5.02 Å². The van der Waals surface area contributed by atoms with Gasteiger partial charge in [-0.2, -0.15) is 5.10 Å². The summed E-state index contributed by atoms with van der Waals surface area (Å²) in [5.41, 5.74) is 4.79. The first-order chi connectivity index (χ1) is 16.1. The van der Waals surface area contributed by atoms with E-state index >= 15 is 0 Å². The molecule has 1 aromatic carbocycles. The third-order valence-electron chi connectivity index (χ3n) is 6.02. The number of halogens is 2. The van der Waals surface area contributed by atoms with E-state index in [2.05, 4.69) is 37.3 Å². The smallest absolute Gasteiger partial charge is 0.132 e. The molecule has 3 aromatic heterocycles. The normalized spacial score (nSPS) is 14.6. The Balaban J connectivity index is 1.42. The minimum Gasteiger partial charge on any atom is -0.372 e. The average Bonchev–Trinajstić information content (AvgIpc) is 3.33. The van der Waals surface area contributed by atoms with E-state index in [0.717, 1.165) is 56.0 Å². The maximum absolute atomic E-state index is 14.5. The van der Waals surface area contributed by atoms with E-state index in [1.165, 1.54) is 12.1 Å². The van der Waals surface area contributed by atoms with Gasteiger partial charge in [-0.15, -0.1) is 0 Å². The first-order valence-electron chi connectivity index (χ1n) is 11.0. The van der Waals surface area contributed by atoms with E-state index in [9.17, 15) is 4.39 Å². The molecule has 9 heteroatoms. The van der Waals surface area contributed by atoms with Gasteiger partial charge in [0.15, 0.2) is 0 Å². The molecule has 1 aliphatic heterocycles. The van der Waals surface area contributed by atoms with E-state index in [-0.39, 0.29) is 5.82 Å². The van der Waals surface area contributed by atoms with Crippen LogP contribution in [0.25, 0.3) is 33.5 Å². The van der Waals surface area contributed by atoms with Crippen molar-refractivity contribution in [3.63, 3.8) is 0 Å². The van der Waals surface area contributed by atoms with Gasteiger partial charge in [0.25, 0.3) is 0 Å². The monoisotopic (exact) mass is 465 g/mol. The summed E-state index contributed by atoms with van der Waals surface area (Å²) < 4.78 is 14.5. The van der Waals surface area contributed by atoms with Crippen LogP contribution >= 0.6 is 11.6 Å². The molecule has 0 saturated carbocycles. The van der Waals surface area contributed by atoms with Gasteiger partial charge in [0.1, 0.15) is 11.5 Å². The summed E-state index contributed by atoms with van der Waals surface area (Å²) in [4.78, 5) is 14.1. The molecular weight excluding hydrogens is 441 g/mol. The molecule has 5 rings (SSSR count). The molecule has 4 heterocycles. The Morgan fingerprint density at radius 3 is 2.79 bits per heavy atom. The third-order valence-corrected chi connectivity index (χ3v) is 6.26. The number of anilines is 1. The van der Waals surface area contributed by atoms with Crippen LogP contribution < -0.4 is 10.2 Å². The van der Waals surface area contributed by atoms with Crippen molar-refractivity contribution < 1.29 is 4.39 Å². The fourth-order valence-corrected chi connectivity index (χ4v) is 4.25. The van der Waals surface area contributed by atoms with Crippen molar-refractivity contribution in [1.82, 2.24) is 30.4 Å². The van der Waals surface area contributed by atoms with Crippen molar-refractivity contribution in [3.05, 3.63) is 59.6 Å². The summed E-state index contributed by atoms with van der Waals surface area (Å²) in [5.74, 6) is -0.386. The van der Waals surface area contributed by atoms with Crippen molar-refractivity contribution in [3.8, 4) is 22.5 Å². The molecule has 0 amide bonds. The molecular formula is C24H25ClFN7. The summed E-state index contributed by atoms with van der Waals surface area (Å²) in [7, 11) is 2.07. The molecule has 0 radical (unpaired) electrons. The molecule has 2 N–H and O–H groups in total. The predicted molar refractivity (Wildman–Crippen MR) is 130 cm³/mol. The number of hydrogen-bond acceptors (Lipinski definition) is 6. The van der Waals surface area contributed by atoms with Gasteiger partial charge < -0.3 is 10.2 Å². The van der Waals surface area contributed by atoms with E-state index in [0.29, 0.717) is 27.5 Å². The molecule has 0 bridgehead atoms. The van der Waals surface area contributed by atoms with Crippen molar-refractivity contribution in [2.24, 2.45) is 0 Å². The summed E-state index contributed by atoms with van der Waals surface area (Å²) in [6.07, 6.45) is 3.60. The van der Waals surface area contributed by atoms with Crippen LogP contribution in [0.3, 0.4) is 0 Å². The quantitative estimate of drug-likeness (QED) is 0.451. The van der Waals surface area contributed by atoms with Crippen LogP contribution in [0.5, 0.6) is 0 Å². The molecule has 1 saturated heterocycles. The fourth-order valence-electron chi connectivity index (χ4n) is 4.08. The number of pyridine rings is 2. The molecule has 1 fully saturated rings. The highest BCUT2D eigenvalue weighted by molar-refractivity contribution is 6.30. The molecule has 7 nitrogen and oxygen atoms in total. The molecule has 33 heavy (non-hydrogen) atoms. The van der Waals surface area contributed by atoms with Gasteiger partial charge in [0.2, 0.25) is 0 Å². The lowest BCUT2D eigenvalue weighted by Crippen LogP contribution is -2.46. The highest BCUT2D eigenvalue weighted by Gasteiger charge is 2.17. The van der Waals surface area contributed by atoms with E-state index in [1.807, 2.05) is 24.4 Å². The number of likely N-dealkylation sites (N-methyl/N-ethyl adjacent to an activating group) is 1. The molecule has 0 aliphatic carbocycles. The maximum Gasteiger partial charge on any atom is 0.132 e. The third kappa shape index (κ3) is 4.68. The number of aromatic amines is 1. The number of aromatic nitrogens is 4. The van der Waals surface area contributed by atoms with Gasteiger partial charge >= 0.3 is 0 Å². The van der Waals surface area contributed by atoms with Crippen molar-refractivity contribution >= 4 is 28.3 Å². The van der Waals surface area contributed by atoms with Gasteiger partial charge in [0.05, 0.1) is 28.6 Å². The lowest BCUT2D eigenvalue weighted by molar-refractivity contribution is 0.246. The Morgan fingerprint density at radius 2 is 1.94 bits per heavy atom. The second kappa shape index (κ2) is 9.43. The van der Waals surface area contributed by atoms with Gasteiger partial charge in [-0.3, -0.25) is 15.0 Å². The lowest BCUT2D eigenvalue weighted by Gasteiger charge is -2.29. The van der Waals surface area contributed by atoms with Crippen molar-refractivity contribution in [1.29, 1.82) is 0 Å².